The summed E-state index contributed by atoms with van der Waals surface area (Å²) in [7, 11) is 15.1. The molecule has 0 saturated heterocycles. The molecule has 38 heavy (non-hydrogen) atoms. The molecule has 1 aliphatic carbocycles. The molecule has 192 valence electrons. The number of hydrogen-bond donors (Lipinski definition) is 0. The first-order chi connectivity index (χ1) is 18.5. The van der Waals surface area contributed by atoms with Gasteiger partial charge in [0.2, 0.25) is 0 Å². The van der Waals surface area contributed by atoms with Crippen LogP contribution in [0.5, 0.6) is 0 Å². The Bertz CT molecular complexity index is 1570. The van der Waals surface area contributed by atoms with Crippen LogP contribution in [0.2, 0.25) is 0 Å². The first-order valence-corrected chi connectivity index (χ1v) is 24.4. The number of hydrogen-bond acceptors (Lipinski definition) is 0. The van der Waals surface area contributed by atoms with Crippen molar-refractivity contribution in [1.82, 2.24) is 0 Å². The maximum absolute atomic E-state index is 7.84. The van der Waals surface area contributed by atoms with Gasteiger partial charge >= 0.3 is 243 Å². The van der Waals surface area contributed by atoms with E-state index in [-0.39, 0.29) is 3.63 Å². The third-order valence-electron chi connectivity index (χ3n) is 8.42. The van der Waals surface area contributed by atoms with Crippen LogP contribution in [0.4, 0.5) is 0 Å². The van der Waals surface area contributed by atoms with E-state index in [0.717, 1.165) is 25.7 Å². The van der Waals surface area contributed by atoms with Crippen molar-refractivity contribution in [2.45, 2.75) is 50.1 Å². The molecule has 4 aromatic carbocycles. The van der Waals surface area contributed by atoms with Gasteiger partial charge in [-0.05, 0) is 0 Å². The Morgan fingerprint density at radius 3 is 2.24 bits per heavy atom. The van der Waals surface area contributed by atoms with Crippen molar-refractivity contribution in [3.05, 3.63) is 107 Å². The normalized spacial score (nSPS) is 16.3. The monoisotopic (exact) mass is 630 g/mol. The van der Waals surface area contributed by atoms with E-state index < -0.39 is 27.4 Å². The van der Waals surface area contributed by atoms with Gasteiger partial charge in [-0.1, -0.05) is 0 Å². The summed E-state index contributed by atoms with van der Waals surface area (Å²) in [5.41, 5.74) is 12.4. The molecule has 2 aliphatic rings. The summed E-state index contributed by atoms with van der Waals surface area (Å²) < 4.78 is 1.46. The minimum atomic E-state index is -3.94. The van der Waals surface area contributed by atoms with Gasteiger partial charge in [-0.15, -0.1) is 0 Å². The van der Waals surface area contributed by atoms with Crippen molar-refractivity contribution < 1.29 is 17.9 Å². The molecule has 0 saturated carbocycles. The Morgan fingerprint density at radius 2 is 1.47 bits per heavy atom. The van der Waals surface area contributed by atoms with Gasteiger partial charge < -0.3 is 0 Å². The second-order valence-corrected chi connectivity index (χ2v) is 26.7. The summed E-state index contributed by atoms with van der Waals surface area (Å²) >= 11 is -3.94. The van der Waals surface area contributed by atoms with E-state index in [1.165, 1.54) is 63.7 Å². The van der Waals surface area contributed by atoms with E-state index in [1.807, 2.05) is 0 Å². The topological polar surface area (TPSA) is 0 Å². The Morgan fingerprint density at radius 1 is 0.763 bits per heavy atom. The van der Waals surface area contributed by atoms with Gasteiger partial charge in [0, 0.05) is 0 Å². The van der Waals surface area contributed by atoms with Gasteiger partial charge in [-0.25, -0.2) is 0 Å². The van der Waals surface area contributed by atoms with Gasteiger partial charge in [-0.3, -0.25) is 0 Å². The SMILES string of the molecule is CCCC1=Cc2c(ccc(CCC)c2-c2ccccc2C)[CH]1[Zr]([Cl])([Cl])[c]1cccc2c1[SiH2]c1ccccc1-2. The molecule has 0 bridgehead atoms. The first kappa shape index (κ1) is 26.5. The molecule has 0 amide bonds. The van der Waals surface area contributed by atoms with E-state index in [1.54, 1.807) is 0 Å². The zero-order valence-electron chi connectivity index (χ0n) is 22.5. The molecule has 6 rings (SSSR count). The number of benzene rings is 4. The molecular formula is C34H34Cl2SiZr. The van der Waals surface area contributed by atoms with Crippen molar-refractivity contribution in [2.24, 2.45) is 0 Å². The van der Waals surface area contributed by atoms with Crippen LogP contribution in [0, 0.1) is 6.92 Å². The molecule has 1 unspecified atom stereocenters. The summed E-state index contributed by atoms with van der Waals surface area (Å²) in [6.45, 7) is 6.78. The summed E-state index contributed by atoms with van der Waals surface area (Å²) in [6, 6.07) is 29.2. The van der Waals surface area contributed by atoms with Crippen LogP contribution in [-0.4, -0.2) is 9.52 Å². The zero-order chi connectivity index (χ0) is 26.4. The maximum atomic E-state index is 7.84. The molecule has 0 radical (unpaired) electrons. The molecule has 4 aromatic rings. The number of rotatable bonds is 7. The standard InChI is InChI=1S/C22H25.C12H9Si.2ClH.Zr/c1-4-8-17-14-19-13-12-18(9-5-2)22(21(19)15-17)20-11-7-6-10-16(20)3;1-3-7-11-9(5-1)10-6-2-4-8-12(10)13-11;;;/h6-7,10-15H,4-5,8-9H2,1-3H3;1-7H,13H2;2*1H;/q;;;;+2/p-2. The van der Waals surface area contributed by atoms with Crippen LogP contribution in [0.1, 0.15) is 59.0 Å². The van der Waals surface area contributed by atoms with E-state index in [4.69, 9.17) is 17.0 Å². The fourth-order valence-electron chi connectivity index (χ4n) is 6.76. The summed E-state index contributed by atoms with van der Waals surface area (Å²) in [5.74, 6) is 0. The van der Waals surface area contributed by atoms with Gasteiger partial charge in [0.15, 0.2) is 0 Å². The van der Waals surface area contributed by atoms with Crippen LogP contribution >= 0.6 is 17.0 Å². The number of aryl methyl sites for hydroxylation is 2. The molecule has 0 fully saturated rings. The van der Waals surface area contributed by atoms with Gasteiger partial charge in [0.1, 0.15) is 0 Å². The number of allylic oxidation sites excluding steroid dienone is 1. The van der Waals surface area contributed by atoms with Crippen LogP contribution in [0.25, 0.3) is 28.3 Å². The minimum absolute atomic E-state index is 0.144. The molecule has 1 atom stereocenters. The van der Waals surface area contributed by atoms with Crippen molar-refractivity contribution >= 4 is 46.3 Å². The van der Waals surface area contributed by atoms with Crippen molar-refractivity contribution in [1.29, 1.82) is 0 Å². The van der Waals surface area contributed by atoms with E-state index in [9.17, 15) is 0 Å². The molecular weight excluding hydrogens is 599 g/mol. The van der Waals surface area contributed by atoms with Crippen LogP contribution in [-0.2, 0) is 24.3 Å². The van der Waals surface area contributed by atoms with Crippen molar-refractivity contribution in [2.75, 3.05) is 0 Å². The summed E-state index contributed by atoms with van der Waals surface area (Å²) in [4.78, 5) is 0. The number of halogens is 2. The average Bonchev–Trinajstić information content (AvgIpc) is 3.48. The number of fused-ring (bicyclic) bond motifs is 4. The fourth-order valence-corrected chi connectivity index (χ4v) is 23.6. The predicted molar refractivity (Wildman–Crippen MR) is 167 cm³/mol. The van der Waals surface area contributed by atoms with Crippen LogP contribution in [0.3, 0.4) is 0 Å². The van der Waals surface area contributed by atoms with Crippen LogP contribution < -0.4 is 13.6 Å². The molecule has 0 spiro atoms. The zero-order valence-corrected chi connectivity index (χ0v) is 27.8. The summed E-state index contributed by atoms with van der Waals surface area (Å²) in [6.07, 6.45) is 6.82. The third kappa shape index (κ3) is 4.37. The molecule has 0 N–H and O–H groups in total. The fraction of sp³-hybridized carbons (Fsp3) is 0.235. The molecule has 4 heteroatoms. The second-order valence-electron chi connectivity index (χ2n) is 10.9. The van der Waals surface area contributed by atoms with E-state index in [0.29, 0.717) is 0 Å². The Balaban J connectivity index is 1.54. The van der Waals surface area contributed by atoms with Crippen molar-refractivity contribution in [3.8, 4) is 22.3 Å². The quantitative estimate of drug-likeness (QED) is 0.161. The molecule has 1 aliphatic heterocycles. The van der Waals surface area contributed by atoms with Crippen molar-refractivity contribution in [3.63, 3.8) is 0 Å². The molecule has 1 heterocycles. The average molecular weight is 633 g/mol. The van der Waals surface area contributed by atoms with Gasteiger partial charge in [0.25, 0.3) is 0 Å². The summed E-state index contributed by atoms with van der Waals surface area (Å²) in [5, 5.41) is 3.02. The predicted octanol–water partition coefficient (Wildman–Crippen LogP) is 7.74. The van der Waals surface area contributed by atoms with Crippen LogP contribution in [0.15, 0.2) is 84.4 Å². The Labute approximate surface area is 241 Å². The van der Waals surface area contributed by atoms with Gasteiger partial charge in [-0.2, -0.15) is 0 Å². The Hall–Kier alpha value is -1.70. The first-order valence-electron chi connectivity index (χ1n) is 14.0. The van der Waals surface area contributed by atoms with Gasteiger partial charge in [0.05, 0.1) is 0 Å². The Kier molecular flexibility index (Phi) is 7.47. The molecule has 0 aromatic heterocycles. The van der Waals surface area contributed by atoms with E-state index in [2.05, 4.69) is 106 Å². The third-order valence-corrected chi connectivity index (χ3v) is 22.8. The van der Waals surface area contributed by atoms with E-state index >= 15 is 0 Å². The molecule has 0 nitrogen and oxygen atoms in total. The second kappa shape index (κ2) is 10.7.